The van der Waals surface area contributed by atoms with Crippen LogP contribution < -0.4 is 4.74 Å². The molecule has 12 heavy (non-hydrogen) atoms. The number of rotatable bonds is 0. The molecule has 0 aliphatic rings. The van der Waals surface area contributed by atoms with E-state index in [2.05, 4.69) is 4.98 Å². The van der Waals surface area contributed by atoms with Gasteiger partial charge in [-0.25, -0.2) is 4.98 Å². The standard InChI is InChI=1S/C8H4ClNOS/c9-7-8(11)12-6-4-2-1-3-5(6)10-7/h1-4H. The third-order valence-corrected chi connectivity index (χ3v) is 2.77. The van der Waals surface area contributed by atoms with Gasteiger partial charge in [0.2, 0.25) is 0 Å². The molecule has 0 fully saturated rings. The van der Waals surface area contributed by atoms with Crippen LogP contribution in [0.5, 0.6) is 0 Å². The Hall–Kier alpha value is -0.930. The topological polar surface area (TPSA) is 30.0 Å². The Morgan fingerprint density at radius 2 is 2.08 bits per heavy atom. The van der Waals surface area contributed by atoms with Gasteiger partial charge in [-0.3, -0.25) is 4.79 Å². The summed E-state index contributed by atoms with van der Waals surface area (Å²) in [6, 6.07) is 7.42. The third kappa shape index (κ3) is 1.21. The van der Waals surface area contributed by atoms with Crippen LogP contribution in [-0.2, 0) is 0 Å². The first kappa shape index (κ1) is 7.71. The van der Waals surface area contributed by atoms with E-state index in [4.69, 9.17) is 11.6 Å². The molecule has 0 radical (unpaired) electrons. The average molecular weight is 198 g/mol. The van der Waals surface area contributed by atoms with Crippen LogP contribution in [0.3, 0.4) is 0 Å². The molecule has 0 aliphatic carbocycles. The summed E-state index contributed by atoms with van der Waals surface area (Å²) in [4.78, 5) is 15.0. The van der Waals surface area contributed by atoms with Gasteiger partial charge in [-0.2, -0.15) is 0 Å². The van der Waals surface area contributed by atoms with Crippen LogP contribution >= 0.6 is 22.9 Å². The second-order valence-electron chi connectivity index (χ2n) is 2.26. The summed E-state index contributed by atoms with van der Waals surface area (Å²) in [7, 11) is 0. The molecule has 4 heteroatoms. The molecule has 0 bridgehead atoms. The van der Waals surface area contributed by atoms with E-state index in [1.807, 2.05) is 24.3 Å². The molecule has 0 atom stereocenters. The number of aromatic nitrogens is 1. The molecule has 0 aliphatic heterocycles. The minimum absolute atomic E-state index is 0.0544. The van der Waals surface area contributed by atoms with Crippen molar-refractivity contribution in [2.24, 2.45) is 0 Å². The summed E-state index contributed by atoms with van der Waals surface area (Å²) < 4.78 is 0.683. The van der Waals surface area contributed by atoms with Crippen molar-refractivity contribution in [1.29, 1.82) is 0 Å². The van der Waals surface area contributed by atoms with E-state index in [1.54, 1.807) is 0 Å². The zero-order valence-electron chi connectivity index (χ0n) is 5.95. The maximum Gasteiger partial charge on any atom is 0.270 e. The Kier molecular flexibility index (Phi) is 1.83. The second-order valence-corrected chi connectivity index (χ2v) is 3.63. The Morgan fingerprint density at radius 1 is 1.33 bits per heavy atom. The van der Waals surface area contributed by atoms with Crippen molar-refractivity contribution in [3.63, 3.8) is 0 Å². The number of hydrogen-bond donors (Lipinski definition) is 0. The Bertz CT molecular complexity index is 480. The van der Waals surface area contributed by atoms with Gasteiger partial charge in [-0.15, -0.1) is 0 Å². The summed E-state index contributed by atoms with van der Waals surface area (Å²) >= 11 is 6.69. The number of nitrogens with zero attached hydrogens (tertiary/aromatic N) is 1. The van der Waals surface area contributed by atoms with E-state index in [-0.39, 0.29) is 9.90 Å². The SMILES string of the molecule is O=c1sc2ccccc2nc1Cl. The average Bonchev–Trinajstić information content (AvgIpc) is 2.07. The van der Waals surface area contributed by atoms with E-state index in [9.17, 15) is 4.79 Å². The quantitative estimate of drug-likeness (QED) is 0.649. The predicted molar refractivity (Wildman–Crippen MR) is 50.9 cm³/mol. The molecule has 2 aromatic rings. The zero-order chi connectivity index (χ0) is 8.55. The molecule has 0 saturated carbocycles. The molecule has 2 nitrogen and oxygen atoms in total. The highest BCUT2D eigenvalue weighted by molar-refractivity contribution is 7.16. The molecule has 0 amide bonds. The Balaban J connectivity index is 2.93. The maximum absolute atomic E-state index is 11.1. The highest BCUT2D eigenvalue weighted by atomic mass is 35.5. The Labute approximate surface area is 77.4 Å². The molecule has 0 N–H and O–H groups in total. The molecule has 0 saturated heterocycles. The highest BCUT2D eigenvalue weighted by Gasteiger charge is 2.00. The van der Waals surface area contributed by atoms with Crippen LogP contribution in [0.4, 0.5) is 0 Å². The number of fused-ring (bicyclic) bond motifs is 1. The summed E-state index contributed by atoms with van der Waals surface area (Å²) in [5, 5.41) is 0.0544. The van der Waals surface area contributed by atoms with Gasteiger partial charge in [0.15, 0.2) is 5.15 Å². The lowest BCUT2D eigenvalue weighted by Gasteiger charge is -1.93. The highest BCUT2D eigenvalue weighted by Crippen LogP contribution is 2.14. The first-order chi connectivity index (χ1) is 5.77. The van der Waals surface area contributed by atoms with Crippen molar-refractivity contribution in [3.05, 3.63) is 39.0 Å². The van der Waals surface area contributed by atoms with Crippen molar-refractivity contribution < 1.29 is 0 Å². The summed E-state index contributed by atoms with van der Waals surface area (Å²) in [6.07, 6.45) is 0. The molecule has 1 aromatic carbocycles. The van der Waals surface area contributed by atoms with E-state index in [0.717, 1.165) is 21.6 Å². The lowest BCUT2D eigenvalue weighted by molar-refractivity contribution is 1.41. The molecule has 0 unspecified atom stereocenters. The smallest absolute Gasteiger partial charge is 0.270 e. The lowest BCUT2D eigenvalue weighted by atomic mass is 10.3. The van der Waals surface area contributed by atoms with Crippen molar-refractivity contribution in [2.75, 3.05) is 0 Å². The third-order valence-electron chi connectivity index (χ3n) is 1.45. The fraction of sp³-hybridized carbons (Fsp3) is 0. The first-order valence-corrected chi connectivity index (χ1v) is 4.52. The summed E-state index contributed by atoms with van der Waals surface area (Å²) in [6.45, 7) is 0. The van der Waals surface area contributed by atoms with E-state index in [1.165, 1.54) is 0 Å². The van der Waals surface area contributed by atoms with E-state index >= 15 is 0 Å². The number of para-hydroxylation sites is 1. The van der Waals surface area contributed by atoms with Crippen LogP contribution in [0.1, 0.15) is 0 Å². The molecule has 1 aromatic heterocycles. The maximum atomic E-state index is 11.1. The van der Waals surface area contributed by atoms with Gasteiger partial charge in [0.25, 0.3) is 4.74 Å². The molecular formula is C8H4ClNOS. The van der Waals surface area contributed by atoms with Crippen molar-refractivity contribution in [1.82, 2.24) is 4.98 Å². The van der Waals surface area contributed by atoms with Crippen LogP contribution in [0.15, 0.2) is 29.1 Å². The van der Waals surface area contributed by atoms with Gasteiger partial charge in [0, 0.05) is 0 Å². The van der Waals surface area contributed by atoms with Crippen LogP contribution in [0.2, 0.25) is 5.15 Å². The monoisotopic (exact) mass is 197 g/mol. The van der Waals surface area contributed by atoms with E-state index < -0.39 is 0 Å². The van der Waals surface area contributed by atoms with Gasteiger partial charge >= 0.3 is 0 Å². The fourth-order valence-electron chi connectivity index (χ4n) is 0.929. The lowest BCUT2D eigenvalue weighted by Crippen LogP contribution is -1.96. The van der Waals surface area contributed by atoms with Crippen molar-refractivity contribution in [2.45, 2.75) is 0 Å². The zero-order valence-corrected chi connectivity index (χ0v) is 7.52. The number of halogens is 1. The Morgan fingerprint density at radius 3 is 2.92 bits per heavy atom. The van der Waals surface area contributed by atoms with Crippen molar-refractivity contribution in [3.8, 4) is 0 Å². The van der Waals surface area contributed by atoms with Gasteiger partial charge in [-0.05, 0) is 12.1 Å². The largest absolute Gasteiger partial charge is 0.274 e. The summed E-state index contributed by atoms with van der Waals surface area (Å²) in [5.41, 5.74) is 0.770. The molecule has 60 valence electrons. The van der Waals surface area contributed by atoms with Gasteiger partial charge in [0.05, 0.1) is 10.2 Å². The molecule has 0 spiro atoms. The number of benzene rings is 1. The van der Waals surface area contributed by atoms with Gasteiger partial charge in [-0.1, -0.05) is 35.1 Å². The minimum Gasteiger partial charge on any atom is -0.274 e. The van der Waals surface area contributed by atoms with E-state index in [0.29, 0.717) is 0 Å². The van der Waals surface area contributed by atoms with Crippen LogP contribution in [0, 0.1) is 0 Å². The van der Waals surface area contributed by atoms with Crippen molar-refractivity contribution >= 4 is 33.2 Å². The number of hydrogen-bond acceptors (Lipinski definition) is 3. The second kappa shape index (κ2) is 2.84. The first-order valence-electron chi connectivity index (χ1n) is 3.33. The van der Waals surface area contributed by atoms with Gasteiger partial charge < -0.3 is 0 Å². The van der Waals surface area contributed by atoms with Gasteiger partial charge in [0.1, 0.15) is 0 Å². The molecule has 1 heterocycles. The predicted octanol–water partition coefficient (Wildman–Crippen LogP) is 2.31. The normalized spacial score (nSPS) is 10.4. The minimum atomic E-state index is -0.185. The molecule has 2 rings (SSSR count). The summed E-state index contributed by atoms with van der Waals surface area (Å²) in [5.74, 6) is 0. The van der Waals surface area contributed by atoms with Crippen LogP contribution in [-0.4, -0.2) is 4.98 Å². The van der Waals surface area contributed by atoms with Crippen LogP contribution in [0.25, 0.3) is 10.2 Å². The molecular weight excluding hydrogens is 194 g/mol. The fourth-order valence-corrected chi connectivity index (χ4v) is 1.83.